The molecule has 0 bridgehead atoms. The van der Waals surface area contributed by atoms with Gasteiger partial charge in [0.1, 0.15) is 12.5 Å². The first-order chi connectivity index (χ1) is 17.0. The number of hydrogen-bond acceptors (Lipinski definition) is 10. The number of aromatic nitrogens is 2. The van der Waals surface area contributed by atoms with Crippen LogP contribution in [0.4, 0.5) is 0 Å². The quantitative estimate of drug-likeness (QED) is 0.212. The van der Waals surface area contributed by atoms with E-state index in [0.717, 1.165) is 0 Å². The van der Waals surface area contributed by atoms with Gasteiger partial charge in [-0.25, -0.2) is 9.46 Å². The molecule has 1 heterocycles. The van der Waals surface area contributed by atoms with E-state index < -0.39 is 33.5 Å². The Morgan fingerprint density at radius 3 is 2.28 bits per heavy atom. The second-order valence-corrected chi connectivity index (χ2v) is 11.9. The van der Waals surface area contributed by atoms with Crippen LogP contribution in [-0.2, 0) is 33.9 Å². The summed E-state index contributed by atoms with van der Waals surface area (Å²) in [5, 5.41) is 8.91. The van der Waals surface area contributed by atoms with Gasteiger partial charge in [-0.3, -0.25) is 18.9 Å². The van der Waals surface area contributed by atoms with Gasteiger partial charge in [0.2, 0.25) is 0 Å². The Labute approximate surface area is 214 Å². The molecule has 1 N–H and O–H groups in total. The zero-order valence-corrected chi connectivity index (χ0v) is 24.1. The van der Waals surface area contributed by atoms with Crippen LogP contribution in [0.25, 0.3) is 0 Å². The molecule has 0 aliphatic carbocycles. The number of aromatic amines is 1. The van der Waals surface area contributed by atoms with Crippen LogP contribution >= 0.6 is 16.1 Å². The minimum Gasteiger partial charge on any atom is -0.361 e. The molecular formula is C22H40N4O8P2. The molecule has 0 fully saturated rings. The maximum Gasteiger partial charge on any atom is 0.356 e. The fraction of sp³-hybridized carbons (Fsp3) is 0.773. The van der Waals surface area contributed by atoms with Crippen molar-refractivity contribution in [3.05, 3.63) is 32.6 Å². The molecule has 206 valence electrons. The van der Waals surface area contributed by atoms with Crippen LogP contribution in [0.1, 0.15) is 53.5 Å². The third kappa shape index (κ3) is 10.9. The molecule has 1 aromatic heterocycles. The average Bonchev–Trinajstić information content (AvgIpc) is 2.78. The van der Waals surface area contributed by atoms with Crippen LogP contribution in [0, 0.1) is 18.3 Å². The maximum atomic E-state index is 12.9. The summed E-state index contributed by atoms with van der Waals surface area (Å²) in [6, 6.07) is 2.25. The van der Waals surface area contributed by atoms with Crippen molar-refractivity contribution in [1.29, 1.82) is 5.26 Å². The van der Waals surface area contributed by atoms with Gasteiger partial charge < -0.3 is 22.8 Å². The van der Waals surface area contributed by atoms with Crippen LogP contribution < -0.4 is 11.2 Å². The van der Waals surface area contributed by atoms with Crippen molar-refractivity contribution in [3.8, 4) is 6.07 Å². The summed E-state index contributed by atoms with van der Waals surface area (Å²) in [5.74, 6) is 0. The number of nitriles is 1. The van der Waals surface area contributed by atoms with Gasteiger partial charge in [0, 0.05) is 23.8 Å². The van der Waals surface area contributed by atoms with Gasteiger partial charge in [-0.2, -0.15) is 5.26 Å². The third-order valence-corrected chi connectivity index (χ3v) is 8.59. The largest absolute Gasteiger partial charge is 0.361 e. The van der Waals surface area contributed by atoms with Crippen molar-refractivity contribution >= 4 is 16.1 Å². The third-order valence-electron chi connectivity index (χ3n) is 4.74. The summed E-state index contributed by atoms with van der Waals surface area (Å²) in [7, 11) is -5.09. The monoisotopic (exact) mass is 550 g/mol. The predicted octanol–water partition coefficient (Wildman–Crippen LogP) is 3.75. The van der Waals surface area contributed by atoms with Gasteiger partial charge in [-0.05, 0) is 48.5 Å². The topological polar surface area (TPSA) is 145 Å². The number of rotatable bonds is 18. The first kappa shape index (κ1) is 32.6. The summed E-state index contributed by atoms with van der Waals surface area (Å²) in [4.78, 5) is 26.4. The Bertz CT molecular complexity index is 973. The lowest BCUT2D eigenvalue weighted by Crippen LogP contribution is -2.37. The smallest absolute Gasteiger partial charge is 0.356 e. The highest BCUT2D eigenvalue weighted by Crippen LogP contribution is 2.49. The van der Waals surface area contributed by atoms with Crippen molar-refractivity contribution < 1.29 is 27.4 Å². The van der Waals surface area contributed by atoms with Crippen LogP contribution in [-0.4, -0.2) is 65.2 Å². The van der Waals surface area contributed by atoms with E-state index in [1.807, 2.05) is 27.7 Å². The molecule has 0 saturated carbocycles. The molecule has 0 spiro atoms. The Hall–Kier alpha value is -1.41. The molecule has 2 atom stereocenters. The average molecular weight is 551 g/mol. The Kier molecular flexibility index (Phi) is 14.9. The van der Waals surface area contributed by atoms with Crippen LogP contribution in [0.5, 0.6) is 0 Å². The number of nitrogens with one attached hydrogen (secondary N) is 1. The van der Waals surface area contributed by atoms with E-state index in [2.05, 4.69) is 15.7 Å². The van der Waals surface area contributed by atoms with Gasteiger partial charge >= 0.3 is 13.3 Å². The van der Waals surface area contributed by atoms with E-state index in [1.54, 1.807) is 20.8 Å². The molecular weight excluding hydrogens is 510 g/mol. The maximum absolute atomic E-state index is 12.9. The Morgan fingerprint density at radius 1 is 1.14 bits per heavy atom. The highest BCUT2D eigenvalue weighted by atomic mass is 31.2. The van der Waals surface area contributed by atoms with E-state index in [9.17, 15) is 14.2 Å². The summed E-state index contributed by atoms with van der Waals surface area (Å²) in [6.45, 7) is 13.6. The standard InChI is InChI=1S/C22H40N4O8P2/c1-8-33-36(29,34-9-2)16-30-20(14-25-13-19(7)21(27)24-22(25)28)15-32-35(31-12-10-11-23)26(17(3)4)18(5)6/h13,17-18,20H,8-10,12,14-16H2,1-7H3,(H,24,27,28)/t20-,35?/m0/s1. The lowest BCUT2D eigenvalue weighted by Gasteiger charge is -2.36. The van der Waals surface area contributed by atoms with E-state index in [1.165, 1.54) is 10.8 Å². The Balaban J connectivity index is 3.18. The number of hydrogen-bond donors (Lipinski definition) is 1. The molecule has 0 saturated heterocycles. The highest BCUT2D eigenvalue weighted by Gasteiger charge is 2.30. The SMILES string of the molecule is CCOP(=O)(CO[C@H](COP(OCCC#N)N(C(C)C)C(C)C)Cn1cc(C)c(=O)[nH]c1=O)OCC. The first-order valence-corrected chi connectivity index (χ1v) is 14.8. The van der Waals surface area contributed by atoms with Gasteiger partial charge in [-0.15, -0.1) is 0 Å². The van der Waals surface area contributed by atoms with Gasteiger partial charge in [-0.1, -0.05) is 0 Å². The minimum absolute atomic E-state index is 0.0133. The number of nitrogens with zero attached hydrogens (tertiary/aromatic N) is 3. The molecule has 14 heteroatoms. The highest BCUT2D eigenvalue weighted by molar-refractivity contribution is 7.53. The Morgan fingerprint density at radius 2 is 1.75 bits per heavy atom. The van der Waals surface area contributed by atoms with Gasteiger partial charge in [0.25, 0.3) is 14.1 Å². The molecule has 12 nitrogen and oxygen atoms in total. The molecule has 1 aromatic rings. The molecule has 1 unspecified atom stereocenters. The van der Waals surface area contributed by atoms with Crippen molar-refractivity contribution in [2.24, 2.45) is 0 Å². The van der Waals surface area contributed by atoms with E-state index >= 15 is 0 Å². The zero-order valence-electron chi connectivity index (χ0n) is 22.3. The normalized spacial score (nSPS) is 13.9. The lowest BCUT2D eigenvalue weighted by atomic mass is 10.3. The van der Waals surface area contributed by atoms with Gasteiger partial charge in [0.15, 0.2) is 0 Å². The summed E-state index contributed by atoms with van der Waals surface area (Å²) >= 11 is 0. The number of H-pyrrole nitrogens is 1. The number of aryl methyl sites for hydroxylation is 1. The molecule has 36 heavy (non-hydrogen) atoms. The lowest BCUT2D eigenvalue weighted by molar-refractivity contribution is 0.0164. The van der Waals surface area contributed by atoms with Crippen molar-refractivity contribution in [1.82, 2.24) is 14.2 Å². The van der Waals surface area contributed by atoms with Crippen molar-refractivity contribution in [2.45, 2.75) is 79.6 Å². The predicted molar refractivity (Wildman–Crippen MR) is 138 cm³/mol. The van der Waals surface area contributed by atoms with E-state index in [0.29, 0.717) is 5.56 Å². The molecule has 1 rings (SSSR count). The van der Waals surface area contributed by atoms with Crippen LogP contribution in [0.15, 0.2) is 15.8 Å². The van der Waals surface area contributed by atoms with E-state index in [4.69, 9.17) is 28.1 Å². The van der Waals surface area contributed by atoms with Crippen LogP contribution in [0.2, 0.25) is 0 Å². The summed E-state index contributed by atoms with van der Waals surface area (Å²) in [6.07, 6.45) is 0.547. The molecule has 0 aromatic carbocycles. The zero-order chi connectivity index (χ0) is 27.3. The second-order valence-electron chi connectivity index (χ2n) is 8.43. The van der Waals surface area contributed by atoms with Crippen molar-refractivity contribution in [2.75, 3.05) is 32.8 Å². The van der Waals surface area contributed by atoms with E-state index in [-0.39, 0.29) is 57.8 Å². The molecule has 0 aliphatic heterocycles. The summed E-state index contributed by atoms with van der Waals surface area (Å²) in [5.41, 5.74) is -0.715. The second kappa shape index (κ2) is 16.4. The number of ether oxygens (including phenoxy) is 1. The molecule has 0 aliphatic rings. The fourth-order valence-electron chi connectivity index (χ4n) is 3.29. The fourth-order valence-corrected chi connectivity index (χ4v) is 6.33. The molecule has 0 radical (unpaired) electrons. The van der Waals surface area contributed by atoms with Crippen molar-refractivity contribution in [3.63, 3.8) is 0 Å². The van der Waals surface area contributed by atoms with Crippen LogP contribution in [0.3, 0.4) is 0 Å². The minimum atomic E-state index is -3.52. The first-order valence-electron chi connectivity index (χ1n) is 12.0. The molecule has 0 amide bonds. The van der Waals surface area contributed by atoms with Gasteiger partial charge in [0.05, 0.1) is 45.5 Å². The summed E-state index contributed by atoms with van der Waals surface area (Å²) < 4.78 is 44.9.